The first-order valence-corrected chi connectivity index (χ1v) is 5.89. The maximum Gasteiger partial charge on any atom is 0.235 e. The Morgan fingerprint density at radius 2 is 2.21 bits per heavy atom. The normalized spacial score (nSPS) is 20.8. The molecule has 1 spiro atoms. The van der Waals surface area contributed by atoms with Crippen LogP contribution in [0, 0.1) is 0 Å². The number of carbonyl (C=O) groups excluding carboxylic acids is 1. The zero-order chi connectivity index (χ0) is 9.76. The Hall–Kier alpha value is -0.830. The number of alkyl halides is 1. The first-order chi connectivity index (χ1) is 6.76. The van der Waals surface area contributed by atoms with E-state index in [9.17, 15) is 4.79 Å². The van der Waals surface area contributed by atoms with Gasteiger partial charge < -0.3 is 5.32 Å². The summed E-state index contributed by atoms with van der Waals surface area (Å²) in [5.74, 6) is 0.194. The molecule has 1 aliphatic heterocycles. The lowest BCUT2D eigenvalue weighted by atomic mass is 9.96. The van der Waals surface area contributed by atoms with Crippen molar-refractivity contribution in [1.82, 2.24) is 0 Å². The van der Waals surface area contributed by atoms with Gasteiger partial charge in [-0.15, -0.1) is 0 Å². The minimum atomic E-state index is -0.145. The highest BCUT2D eigenvalue weighted by Crippen LogP contribution is 2.55. The van der Waals surface area contributed by atoms with Crippen LogP contribution in [0.3, 0.4) is 0 Å². The molecule has 0 atom stereocenters. The molecule has 0 aromatic heterocycles. The first kappa shape index (κ1) is 8.48. The number of fused-ring (bicyclic) bond motifs is 2. The molecule has 0 unspecified atom stereocenters. The SMILES string of the molecule is O=C1Nc2ccc(CBr)cc2C12CC2. The van der Waals surface area contributed by atoms with Gasteiger partial charge in [0.15, 0.2) is 0 Å². The quantitative estimate of drug-likeness (QED) is 0.764. The summed E-state index contributed by atoms with van der Waals surface area (Å²) in [6.45, 7) is 0. The number of halogens is 1. The van der Waals surface area contributed by atoms with Crippen molar-refractivity contribution in [1.29, 1.82) is 0 Å². The molecule has 3 heteroatoms. The van der Waals surface area contributed by atoms with E-state index in [1.165, 1.54) is 11.1 Å². The summed E-state index contributed by atoms with van der Waals surface area (Å²) in [6.07, 6.45) is 2.02. The Bertz CT molecular complexity index is 423. The molecule has 3 rings (SSSR count). The van der Waals surface area contributed by atoms with Crippen molar-refractivity contribution in [2.24, 2.45) is 0 Å². The van der Waals surface area contributed by atoms with Gasteiger partial charge in [0, 0.05) is 11.0 Å². The lowest BCUT2D eigenvalue weighted by molar-refractivity contribution is -0.117. The van der Waals surface area contributed by atoms with Gasteiger partial charge in [-0.2, -0.15) is 0 Å². The van der Waals surface area contributed by atoms with E-state index < -0.39 is 0 Å². The number of anilines is 1. The third-order valence-electron chi connectivity index (χ3n) is 3.19. The van der Waals surface area contributed by atoms with Crippen molar-refractivity contribution < 1.29 is 4.79 Å². The number of amides is 1. The van der Waals surface area contributed by atoms with Crippen LogP contribution >= 0.6 is 15.9 Å². The number of rotatable bonds is 1. The fourth-order valence-corrected chi connectivity index (χ4v) is 2.51. The molecule has 1 aromatic rings. The van der Waals surface area contributed by atoms with Crippen LogP contribution in [0.5, 0.6) is 0 Å². The van der Waals surface area contributed by atoms with Gasteiger partial charge >= 0.3 is 0 Å². The van der Waals surface area contributed by atoms with Crippen LogP contribution < -0.4 is 5.32 Å². The minimum Gasteiger partial charge on any atom is -0.325 e. The topological polar surface area (TPSA) is 29.1 Å². The molecule has 1 aromatic carbocycles. The summed E-state index contributed by atoms with van der Waals surface area (Å²) in [4.78, 5) is 11.7. The zero-order valence-electron chi connectivity index (χ0n) is 7.64. The zero-order valence-corrected chi connectivity index (χ0v) is 9.23. The summed E-state index contributed by atoms with van der Waals surface area (Å²) >= 11 is 3.43. The Kier molecular flexibility index (Phi) is 1.57. The summed E-state index contributed by atoms with van der Waals surface area (Å²) < 4.78 is 0. The third-order valence-corrected chi connectivity index (χ3v) is 3.83. The van der Waals surface area contributed by atoms with Gasteiger partial charge in [-0.1, -0.05) is 28.1 Å². The van der Waals surface area contributed by atoms with Crippen LogP contribution in [-0.2, 0) is 15.5 Å². The van der Waals surface area contributed by atoms with Crippen molar-refractivity contribution in [2.45, 2.75) is 23.6 Å². The van der Waals surface area contributed by atoms with Crippen LogP contribution in [0.15, 0.2) is 18.2 Å². The molecule has 2 nitrogen and oxygen atoms in total. The molecule has 72 valence electrons. The molecule has 1 N–H and O–H groups in total. The van der Waals surface area contributed by atoms with Gasteiger partial charge in [-0.25, -0.2) is 0 Å². The molecule has 1 aliphatic carbocycles. The van der Waals surface area contributed by atoms with Crippen LogP contribution in [0.2, 0.25) is 0 Å². The van der Waals surface area contributed by atoms with Crippen molar-refractivity contribution in [2.75, 3.05) is 5.32 Å². The summed E-state index contributed by atoms with van der Waals surface area (Å²) in [5, 5.41) is 3.80. The number of benzene rings is 1. The van der Waals surface area contributed by atoms with E-state index in [2.05, 4.69) is 33.4 Å². The molecule has 1 heterocycles. The fraction of sp³-hybridized carbons (Fsp3) is 0.364. The fourth-order valence-electron chi connectivity index (χ4n) is 2.17. The van der Waals surface area contributed by atoms with Crippen LogP contribution in [-0.4, -0.2) is 5.91 Å². The Balaban J connectivity index is 2.16. The van der Waals surface area contributed by atoms with Crippen molar-refractivity contribution in [3.05, 3.63) is 29.3 Å². The second-order valence-corrected chi connectivity index (χ2v) is 4.61. The van der Waals surface area contributed by atoms with Gasteiger partial charge in [0.1, 0.15) is 0 Å². The third kappa shape index (κ3) is 0.934. The largest absolute Gasteiger partial charge is 0.325 e. The van der Waals surface area contributed by atoms with Crippen LogP contribution in [0.25, 0.3) is 0 Å². The van der Waals surface area contributed by atoms with Crippen molar-refractivity contribution in [3.8, 4) is 0 Å². The van der Waals surface area contributed by atoms with Crippen molar-refractivity contribution in [3.63, 3.8) is 0 Å². The lowest BCUT2D eigenvalue weighted by Crippen LogP contribution is -2.18. The standard InChI is InChI=1S/C11H10BrNO/c12-6-7-1-2-9-8(5-7)11(3-4-11)10(14)13-9/h1-2,5H,3-4,6H2,(H,13,14). The van der Waals surface area contributed by atoms with Gasteiger partial charge in [0.05, 0.1) is 5.41 Å². The van der Waals surface area contributed by atoms with Gasteiger partial charge in [0.25, 0.3) is 0 Å². The smallest absolute Gasteiger partial charge is 0.235 e. The highest BCUT2D eigenvalue weighted by atomic mass is 79.9. The summed E-state index contributed by atoms with van der Waals surface area (Å²) in [6, 6.07) is 6.21. The van der Waals surface area contributed by atoms with E-state index in [-0.39, 0.29) is 11.3 Å². The van der Waals surface area contributed by atoms with E-state index >= 15 is 0 Å². The van der Waals surface area contributed by atoms with Gasteiger partial charge in [-0.05, 0) is 30.0 Å². The monoisotopic (exact) mass is 251 g/mol. The maximum atomic E-state index is 11.7. The first-order valence-electron chi connectivity index (χ1n) is 4.77. The molecule has 2 aliphatic rings. The number of hydrogen-bond donors (Lipinski definition) is 1. The summed E-state index contributed by atoms with van der Waals surface area (Å²) in [5.41, 5.74) is 3.32. The highest BCUT2D eigenvalue weighted by molar-refractivity contribution is 9.08. The average molecular weight is 252 g/mol. The van der Waals surface area contributed by atoms with E-state index in [1.54, 1.807) is 0 Å². The van der Waals surface area contributed by atoms with E-state index in [0.29, 0.717) is 0 Å². The Morgan fingerprint density at radius 1 is 1.43 bits per heavy atom. The number of carbonyl (C=O) groups is 1. The second kappa shape index (κ2) is 2.60. The number of nitrogens with one attached hydrogen (secondary N) is 1. The van der Waals surface area contributed by atoms with Gasteiger partial charge in [0.2, 0.25) is 5.91 Å². The van der Waals surface area contributed by atoms with Gasteiger partial charge in [-0.3, -0.25) is 4.79 Å². The van der Waals surface area contributed by atoms with Crippen LogP contribution in [0.4, 0.5) is 5.69 Å². The summed E-state index contributed by atoms with van der Waals surface area (Å²) in [7, 11) is 0. The second-order valence-electron chi connectivity index (χ2n) is 4.05. The molecular formula is C11H10BrNO. The maximum absolute atomic E-state index is 11.7. The van der Waals surface area contributed by atoms with Crippen LogP contribution in [0.1, 0.15) is 24.0 Å². The molecule has 1 amide bonds. The van der Waals surface area contributed by atoms with Crippen molar-refractivity contribution >= 4 is 27.5 Å². The van der Waals surface area contributed by atoms with E-state index in [1.807, 2.05) is 6.07 Å². The molecule has 0 bridgehead atoms. The minimum absolute atomic E-state index is 0.145. The Morgan fingerprint density at radius 3 is 2.86 bits per heavy atom. The molecule has 1 saturated carbocycles. The highest BCUT2D eigenvalue weighted by Gasteiger charge is 2.56. The predicted octanol–water partition coefficient (Wildman–Crippen LogP) is 2.57. The van der Waals surface area contributed by atoms with E-state index in [4.69, 9.17) is 0 Å². The predicted molar refractivity (Wildman–Crippen MR) is 58.6 cm³/mol. The number of hydrogen-bond acceptors (Lipinski definition) is 1. The molecule has 14 heavy (non-hydrogen) atoms. The molecule has 1 fully saturated rings. The average Bonchev–Trinajstić information content (AvgIpc) is 2.94. The molecule has 0 saturated heterocycles. The molecule has 0 radical (unpaired) electrons. The molecular weight excluding hydrogens is 242 g/mol. The Labute approximate surface area is 90.8 Å². The lowest BCUT2D eigenvalue weighted by Gasteiger charge is -2.05. The van der Waals surface area contributed by atoms with E-state index in [0.717, 1.165) is 23.9 Å².